The fourth-order valence-electron chi connectivity index (χ4n) is 2.37. The summed E-state index contributed by atoms with van der Waals surface area (Å²) in [5.41, 5.74) is 0.397. The lowest BCUT2D eigenvalue weighted by Crippen LogP contribution is -2.36. The number of nitrogens with zero attached hydrogens (tertiary/aromatic N) is 2. The molecule has 0 saturated heterocycles. The Balaban J connectivity index is 2.11. The Kier molecular flexibility index (Phi) is 5.02. The van der Waals surface area contributed by atoms with Gasteiger partial charge in [-0.25, -0.2) is 9.78 Å². The lowest BCUT2D eigenvalue weighted by molar-refractivity contribution is 0.0575. The number of furan rings is 1. The molecule has 0 atom stereocenters. The summed E-state index contributed by atoms with van der Waals surface area (Å²) in [5, 5.41) is 0.218. The van der Waals surface area contributed by atoms with Crippen molar-refractivity contribution in [3.63, 3.8) is 0 Å². The summed E-state index contributed by atoms with van der Waals surface area (Å²) in [6.45, 7) is 5.54. The van der Waals surface area contributed by atoms with Gasteiger partial charge in [-0.1, -0.05) is 11.6 Å². The van der Waals surface area contributed by atoms with Crippen molar-refractivity contribution in [2.45, 2.75) is 32.9 Å². The monoisotopic (exact) mass is 392 g/mol. The van der Waals surface area contributed by atoms with Gasteiger partial charge in [-0.3, -0.25) is 9.69 Å². The number of pyridine rings is 1. The van der Waals surface area contributed by atoms with E-state index in [1.54, 1.807) is 45.0 Å². The molecule has 8 heteroatoms. The second kappa shape index (κ2) is 7.09. The summed E-state index contributed by atoms with van der Waals surface area (Å²) in [7, 11) is 0. The minimum atomic E-state index is -0.669. The van der Waals surface area contributed by atoms with Crippen LogP contribution in [0, 0.1) is 0 Å². The Bertz CT molecular complexity index is 944. The third-order valence-corrected chi connectivity index (χ3v) is 4.63. The lowest BCUT2D eigenvalue weighted by Gasteiger charge is -2.27. The third kappa shape index (κ3) is 4.05. The Hall–Kier alpha value is -2.38. The molecule has 0 aliphatic carbocycles. The molecule has 0 aliphatic rings. The number of fused-ring (bicyclic) bond motifs is 1. The highest BCUT2D eigenvalue weighted by Crippen LogP contribution is 2.36. The Morgan fingerprint density at radius 2 is 2.19 bits per heavy atom. The molecule has 3 rings (SSSR count). The second-order valence-electron chi connectivity index (χ2n) is 6.59. The summed E-state index contributed by atoms with van der Waals surface area (Å²) in [6, 6.07) is 6.74. The van der Waals surface area contributed by atoms with Crippen molar-refractivity contribution in [1.29, 1.82) is 0 Å². The molecule has 3 aromatic rings. The number of rotatable bonds is 4. The molecule has 0 radical (unpaired) electrons. The highest BCUT2D eigenvalue weighted by Gasteiger charge is 2.27. The Morgan fingerprint density at radius 1 is 1.42 bits per heavy atom. The molecule has 0 aliphatic heterocycles. The maximum Gasteiger partial charge on any atom is 0.415 e. The zero-order valence-corrected chi connectivity index (χ0v) is 16.1. The zero-order chi connectivity index (χ0) is 18.9. The van der Waals surface area contributed by atoms with E-state index in [1.165, 1.54) is 22.5 Å². The lowest BCUT2D eigenvalue weighted by atomic mass is 10.2. The summed E-state index contributed by atoms with van der Waals surface area (Å²) in [5.74, 6) is 0.587. The summed E-state index contributed by atoms with van der Waals surface area (Å²) in [6.07, 6.45) is 1.74. The third-order valence-electron chi connectivity index (χ3n) is 3.36. The molecule has 26 heavy (non-hydrogen) atoms. The molecule has 0 aromatic carbocycles. The topological polar surface area (TPSA) is 72.6 Å². The number of thiophene rings is 1. The van der Waals surface area contributed by atoms with Gasteiger partial charge in [-0.15, -0.1) is 11.3 Å². The van der Waals surface area contributed by atoms with E-state index in [9.17, 15) is 9.59 Å². The highest BCUT2D eigenvalue weighted by molar-refractivity contribution is 7.21. The summed E-state index contributed by atoms with van der Waals surface area (Å²) >= 11 is 7.38. The molecule has 3 aromatic heterocycles. The van der Waals surface area contributed by atoms with Gasteiger partial charge in [-0.05, 0) is 39.0 Å². The van der Waals surface area contributed by atoms with Gasteiger partial charge in [-0.2, -0.15) is 0 Å². The van der Waals surface area contributed by atoms with Crippen molar-refractivity contribution in [1.82, 2.24) is 4.98 Å². The van der Waals surface area contributed by atoms with Crippen molar-refractivity contribution in [2.24, 2.45) is 0 Å². The first kappa shape index (κ1) is 18.4. The van der Waals surface area contributed by atoms with Crippen molar-refractivity contribution < 1.29 is 18.7 Å². The van der Waals surface area contributed by atoms with Crippen LogP contribution in [0.15, 0.2) is 34.9 Å². The molecule has 1 amide bonds. The van der Waals surface area contributed by atoms with E-state index in [2.05, 4.69) is 4.98 Å². The van der Waals surface area contributed by atoms with E-state index in [-0.39, 0.29) is 11.7 Å². The largest absolute Gasteiger partial charge is 0.467 e. The van der Waals surface area contributed by atoms with Crippen LogP contribution in [0.2, 0.25) is 5.15 Å². The van der Waals surface area contributed by atoms with E-state index in [0.717, 1.165) is 6.29 Å². The van der Waals surface area contributed by atoms with Gasteiger partial charge in [0.05, 0.1) is 33.6 Å². The van der Waals surface area contributed by atoms with E-state index in [0.29, 0.717) is 26.5 Å². The van der Waals surface area contributed by atoms with Gasteiger partial charge in [0.1, 0.15) is 16.5 Å². The number of carbonyl (C=O) groups is 2. The number of aldehydes is 1. The number of halogens is 1. The molecule has 136 valence electrons. The maximum atomic E-state index is 12.9. The second-order valence-corrected chi connectivity index (χ2v) is 8.06. The minimum Gasteiger partial charge on any atom is -0.467 e. The molecule has 0 fully saturated rings. The van der Waals surface area contributed by atoms with E-state index in [1.807, 2.05) is 0 Å². The number of hydrogen-bond donors (Lipinski definition) is 0. The molecule has 0 N–H and O–H groups in total. The normalized spacial score (nSPS) is 11.5. The van der Waals surface area contributed by atoms with Gasteiger partial charge in [0.2, 0.25) is 0 Å². The standard InChI is InChI=1S/C18H17ClN2O4S/c1-18(2,3)25-17(23)21(9-11-5-4-6-24-11)14-8-15(19)20-13-7-12(10-22)26-16(13)14/h4-8,10H,9H2,1-3H3. The van der Waals surface area contributed by atoms with E-state index < -0.39 is 11.7 Å². The molecule has 0 spiro atoms. The number of amides is 1. The predicted molar refractivity (Wildman–Crippen MR) is 101 cm³/mol. The smallest absolute Gasteiger partial charge is 0.415 e. The van der Waals surface area contributed by atoms with Crippen molar-refractivity contribution in [3.8, 4) is 0 Å². The van der Waals surface area contributed by atoms with Crippen LogP contribution in [0.4, 0.5) is 10.5 Å². The average Bonchev–Trinajstić information content (AvgIpc) is 3.18. The molecular weight excluding hydrogens is 376 g/mol. The van der Waals surface area contributed by atoms with Crippen molar-refractivity contribution >= 4 is 51.2 Å². The van der Waals surface area contributed by atoms with Gasteiger partial charge < -0.3 is 9.15 Å². The highest BCUT2D eigenvalue weighted by atomic mass is 35.5. The van der Waals surface area contributed by atoms with Gasteiger partial charge in [0.15, 0.2) is 6.29 Å². The van der Waals surface area contributed by atoms with Crippen molar-refractivity contribution in [2.75, 3.05) is 4.90 Å². The number of ether oxygens (including phenoxy) is 1. The van der Waals surface area contributed by atoms with Gasteiger partial charge >= 0.3 is 6.09 Å². The Morgan fingerprint density at radius 3 is 2.81 bits per heavy atom. The molecule has 0 saturated carbocycles. The molecule has 0 bridgehead atoms. The number of anilines is 1. The van der Waals surface area contributed by atoms with Crippen LogP contribution in [0.3, 0.4) is 0 Å². The van der Waals surface area contributed by atoms with Crippen molar-refractivity contribution in [3.05, 3.63) is 46.3 Å². The van der Waals surface area contributed by atoms with Crippen LogP contribution in [0.25, 0.3) is 10.2 Å². The molecular formula is C18H17ClN2O4S. The fourth-order valence-corrected chi connectivity index (χ4v) is 3.51. The van der Waals surface area contributed by atoms with Crippen LogP contribution in [-0.2, 0) is 11.3 Å². The van der Waals surface area contributed by atoms with E-state index >= 15 is 0 Å². The van der Waals surface area contributed by atoms with Crippen LogP contribution in [0.1, 0.15) is 36.2 Å². The SMILES string of the molecule is CC(C)(C)OC(=O)N(Cc1ccco1)c1cc(Cl)nc2cc(C=O)sc12. The fraction of sp³-hybridized carbons (Fsp3) is 0.278. The predicted octanol–water partition coefficient (Wildman–Crippen LogP) is 5.30. The quantitative estimate of drug-likeness (QED) is 0.445. The van der Waals surface area contributed by atoms with Crippen LogP contribution in [-0.4, -0.2) is 23.0 Å². The molecule has 0 unspecified atom stereocenters. The van der Waals surface area contributed by atoms with Crippen LogP contribution in [0.5, 0.6) is 0 Å². The first-order valence-corrected chi connectivity index (χ1v) is 9.04. The zero-order valence-electron chi connectivity index (χ0n) is 14.5. The number of hydrogen-bond acceptors (Lipinski definition) is 6. The summed E-state index contributed by atoms with van der Waals surface area (Å²) < 4.78 is 11.6. The summed E-state index contributed by atoms with van der Waals surface area (Å²) in [4.78, 5) is 30.2. The maximum absolute atomic E-state index is 12.9. The number of aromatic nitrogens is 1. The first-order chi connectivity index (χ1) is 12.3. The van der Waals surface area contributed by atoms with Gasteiger partial charge in [0.25, 0.3) is 0 Å². The van der Waals surface area contributed by atoms with Crippen LogP contribution >= 0.6 is 22.9 Å². The van der Waals surface area contributed by atoms with Crippen LogP contribution < -0.4 is 4.90 Å². The number of carbonyl (C=O) groups excluding carboxylic acids is 2. The average molecular weight is 393 g/mol. The van der Waals surface area contributed by atoms with Gasteiger partial charge in [0, 0.05) is 6.07 Å². The molecule has 3 heterocycles. The first-order valence-electron chi connectivity index (χ1n) is 7.85. The molecule has 6 nitrogen and oxygen atoms in total. The van der Waals surface area contributed by atoms with E-state index in [4.69, 9.17) is 20.8 Å². The Labute approximate surface area is 159 Å². The minimum absolute atomic E-state index is 0.158.